The number of rotatable bonds is 6. The maximum absolute atomic E-state index is 2.42. The molecule has 0 radical (unpaired) electrons. The minimum atomic E-state index is -0.0549. The maximum Gasteiger partial charge on any atom is 0.0541 e. The number of benzene rings is 9. The monoisotopic (exact) mass is 728 g/mol. The maximum atomic E-state index is 2.42. The van der Waals surface area contributed by atoms with Gasteiger partial charge in [-0.25, -0.2) is 0 Å². The standard InChI is InChI=1S/C55H40N2/c1-55(2)51-24-11-8-21-46(51)50-35-43(31-32-52(50)55)56(42-19-14-18-39(33-42)37-15-4-3-5-16-37)41-29-27-38(28-30-41)49-36-44(34-40-17-6-7-20-45(40)49)57-53-25-12-9-22-47(53)48-23-10-13-26-54(48)57/h3-36H,1-2H3. The molecule has 57 heavy (non-hydrogen) atoms. The Morgan fingerprint density at radius 1 is 0.368 bits per heavy atom. The van der Waals surface area contributed by atoms with Crippen LogP contribution < -0.4 is 4.90 Å². The molecule has 0 atom stereocenters. The van der Waals surface area contributed by atoms with Gasteiger partial charge in [0.25, 0.3) is 0 Å². The Morgan fingerprint density at radius 2 is 0.965 bits per heavy atom. The number of hydrogen-bond donors (Lipinski definition) is 0. The fourth-order valence-electron chi connectivity index (χ4n) is 9.40. The topological polar surface area (TPSA) is 8.17 Å². The van der Waals surface area contributed by atoms with Gasteiger partial charge in [-0.05, 0) is 116 Å². The van der Waals surface area contributed by atoms with Crippen LogP contribution in [0.5, 0.6) is 0 Å². The van der Waals surface area contributed by atoms with Crippen molar-refractivity contribution >= 4 is 49.6 Å². The zero-order valence-electron chi connectivity index (χ0n) is 32.0. The summed E-state index contributed by atoms with van der Waals surface area (Å²) in [5, 5.41) is 4.99. The van der Waals surface area contributed by atoms with Crippen LogP contribution in [0.2, 0.25) is 0 Å². The lowest BCUT2D eigenvalue weighted by Crippen LogP contribution is -2.15. The van der Waals surface area contributed by atoms with Gasteiger partial charge in [0.1, 0.15) is 0 Å². The van der Waals surface area contributed by atoms with Crippen LogP contribution in [-0.4, -0.2) is 4.57 Å². The number of aromatic nitrogens is 1. The third-order valence-corrected chi connectivity index (χ3v) is 12.2. The molecule has 0 unspecified atom stereocenters. The van der Waals surface area contributed by atoms with Crippen LogP contribution in [0, 0.1) is 0 Å². The molecular weight excluding hydrogens is 689 g/mol. The van der Waals surface area contributed by atoms with Gasteiger partial charge in [-0.2, -0.15) is 0 Å². The van der Waals surface area contributed by atoms with Crippen molar-refractivity contribution in [3.63, 3.8) is 0 Å². The second kappa shape index (κ2) is 13.0. The SMILES string of the molecule is CC1(C)c2ccccc2-c2cc(N(c3ccc(-c4cc(-n5c6ccccc6c6ccccc65)cc5ccccc45)cc3)c3cccc(-c4ccccc4)c3)ccc21. The Morgan fingerprint density at radius 3 is 1.74 bits per heavy atom. The van der Waals surface area contributed by atoms with Gasteiger partial charge in [0.15, 0.2) is 0 Å². The van der Waals surface area contributed by atoms with Crippen molar-refractivity contribution in [1.29, 1.82) is 0 Å². The first-order chi connectivity index (χ1) is 28.0. The number of hydrogen-bond acceptors (Lipinski definition) is 1. The number of nitrogens with zero attached hydrogens (tertiary/aromatic N) is 2. The highest BCUT2D eigenvalue weighted by molar-refractivity contribution is 6.10. The quantitative estimate of drug-likeness (QED) is 0.165. The lowest BCUT2D eigenvalue weighted by atomic mass is 9.82. The molecule has 11 rings (SSSR count). The molecule has 1 aliphatic rings. The van der Waals surface area contributed by atoms with Gasteiger partial charge >= 0.3 is 0 Å². The van der Waals surface area contributed by atoms with Crippen LogP contribution >= 0.6 is 0 Å². The summed E-state index contributed by atoms with van der Waals surface area (Å²) in [6.45, 7) is 4.69. The highest BCUT2D eigenvalue weighted by Crippen LogP contribution is 2.51. The fourth-order valence-corrected chi connectivity index (χ4v) is 9.40. The van der Waals surface area contributed by atoms with E-state index >= 15 is 0 Å². The minimum absolute atomic E-state index is 0.0549. The molecule has 2 heteroatoms. The van der Waals surface area contributed by atoms with Crippen molar-refractivity contribution in [1.82, 2.24) is 4.57 Å². The van der Waals surface area contributed by atoms with E-state index in [0.717, 1.165) is 22.7 Å². The van der Waals surface area contributed by atoms with Crippen molar-refractivity contribution in [2.75, 3.05) is 4.90 Å². The molecule has 0 spiro atoms. The van der Waals surface area contributed by atoms with Gasteiger partial charge in [-0.1, -0.05) is 159 Å². The van der Waals surface area contributed by atoms with E-state index in [1.54, 1.807) is 0 Å². The summed E-state index contributed by atoms with van der Waals surface area (Å²) in [5.41, 5.74) is 17.1. The van der Waals surface area contributed by atoms with Crippen LogP contribution in [0.15, 0.2) is 206 Å². The van der Waals surface area contributed by atoms with Crippen LogP contribution in [-0.2, 0) is 5.41 Å². The molecule has 1 aromatic heterocycles. The first-order valence-electron chi connectivity index (χ1n) is 19.8. The predicted octanol–water partition coefficient (Wildman–Crippen LogP) is 15.0. The van der Waals surface area contributed by atoms with E-state index in [-0.39, 0.29) is 5.41 Å². The van der Waals surface area contributed by atoms with Crippen molar-refractivity contribution in [3.05, 3.63) is 217 Å². The largest absolute Gasteiger partial charge is 0.310 e. The van der Waals surface area contributed by atoms with Gasteiger partial charge in [0.05, 0.1) is 11.0 Å². The minimum Gasteiger partial charge on any atom is -0.310 e. The Balaban J connectivity index is 1.07. The lowest BCUT2D eigenvalue weighted by Gasteiger charge is -2.28. The van der Waals surface area contributed by atoms with Gasteiger partial charge in [-0.3, -0.25) is 0 Å². The third kappa shape index (κ3) is 5.33. The molecule has 0 amide bonds. The average Bonchev–Trinajstić information content (AvgIpc) is 3.72. The van der Waals surface area contributed by atoms with E-state index in [4.69, 9.17) is 0 Å². The second-order valence-corrected chi connectivity index (χ2v) is 15.8. The Kier molecular flexibility index (Phi) is 7.55. The molecule has 1 aliphatic carbocycles. The highest BCUT2D eigenvalue weighted by atomic mass is 15.1. The molecule has 0 saturated heterocycles. The van der Waals surface area contributed by atoms with Crippen molar-refractivity contribution in [3.8, 4) is 39.1 Å². The molecule has 0 N–H and O–H groups in total. The zero-order valence-corrected chi connectivity index (χ0v) is 32.0. The molecule has 9 aromatic carbocycles. The van der Waals surface area contributed by atoms with Crippen molar-refractivity contribution in [2.24, 2.45) is 0 Å². The van der Waals surface area contributed by atoms with Crippen molar-refractivity contribution < 1.29 is 0 Å². The van der Waals surface area contributed by atoms with E-state index < -0.39 is 0 Å². The van der Waals surface area contributed by atoms with E-state index in [1.807, 2.05) is 0 Å². The first-order valence-corrected chi connectivity index (χ1v) is 19.8. The molecule has 1 heterocycles. The third-order valence-electron chi connectivity index (χ3n) is 12.2. The van der Waals surface area contributed by atoms with Crippen LogP contribution in [0.1, 0.15) is 25.0 Å². The Bertz CT molecular complexity index is 3100. The van der Waals surface area contributed by atoms with Gasteiger partial charge < -0.3 is 9.47 Å². The molecule has 10 aromatic rings. The predicted molar refractivity (Wildman–Crippen MR) is 241 cm³/mol. The van der Waals surface area contributed by atoms with E-state index in [9.17, 15) is 0 Å². The molecule has 270 valence electrons. The van der Waals surface area contributed by atoms with E-state index in [1.165, 1.54) is 77.1 Å². The van der Waals surface area contributed by atoms with Crippen molar-refractivity contribution in [2.45, 2.75) is 19.3 Å². The van der Waals surface area contributed by atoms with Gasteiger partial charge in [0.2, 0.25) is 0 Å². The fraction of sp³-hybridized carbons (Fsp3) is 0.0545. The molecule has 0 aliphatic heterocycles. The highest BCUT2D eigenvalue weighted by Gasteiger charge is 2.35. The summed E-state index contributed by atoms with van der Waals surface area (Å²) < 4.78 is 2.42. The Hall–Kier alpha value is -7.16. The lowest BCUT2D eigenvalue weighted by molar-refractivity contribution is 0.660. The smallest absolute Gasteiger partial charge is 0.0541 e. The molecule has 0 fully saturated rings. The van der Waals surface area contributed by atoms with Gasteiger partial charge in [-0.15, -0.1) is 0 Å². The first kappa shape index (κ1) is 33.2. The average molecular weight is 729 g/mol. The number of fused-ring (bicyclic) bond motifs is 7. The normalized spacial score (nSPS) is 12.9. The molecular formula is C55H40N2. The van der Waals surface area contributed by atoms with E-state index in [2.05, 4.69) is 230 Å². The second-order valence-electron chi connectivity index (χ2n) is 15.8. The molecule has 2 nitrogen and oxygen atoms in total. The van der Waals surface area contributed by atoms with E-state index in [0.29, 0.717) is 0 Å². The molecule has 0 bridgehead atoms. The summed E-state index contributed by atoms with van der Waals surface area (Å²) in [4.78, 5) is 2.41. The van der Waals surface area contributed by atoms with Crippen LogP contribution in [0.25, 0.3) is 71.6 Å². The molecule has 0 saturated carbocycles. The Labute approximate surface area is 333 Å². The summed E-state index contributed by atoms with van der Waals surface area (Å²) in [5.74, 6) is 0. The van der Waals surface area contributed by atoms with Gasteiger partial charge in [0, 0.05) is 38.9 Å². The summed E-state index contributed by atoms with van der Waals surface area (Å²) >= 11 is 0. The summed E-state index contributed by atoms with van der Waals surface area (Å²) in [7, 11) is 0. The zero-order chi connectivity index (χ0) is 38.1. The number of para-hydroxylation sites is 2. The van der Waals surface area contributed by atoms with Crippen LogP contribution in [0.3, 0.4) is 0 Å². The summed E-state index contributed by atoms with van der Waals surface area (Å²) in [6, 6.07) is 75.7. The summed E-state index contributed by atoms with van der Waals surface area (Å²) in [6.07, 6.45) is 0. The van der Waals surface area contributed by atoms with Crippen LogP contribution in [0.4, 0.5) is 17.1 Å². The number of anilines is 3.